The zero-order valence-corrected chi connectivity index (χ0v) is 12.6. The molecule has 1 amide bonds. The van der Waals surface area contributed by atoms with Gasteiger partial charge in [-0.1, -0.05) is 6.07 Å². The third-order valence-corrected chi connectivity index (χ3v) is 3.41. The molecule has 0 aliphatic rings. The summed E-state index contributed by atoms with van der Waals surface area (Å²) in [4.78, 5) is 23.1. The first kappa shape index (κ1) is 15.2. The van der Waals surface area contributed by atoms with Crippen molar-refractivity contribution in [2.45, 2.75) is 6.54 Å². The molecule has 1 heterocycles. The number of aromatic nitrogens is 2. The predicted octanol–water partition coefficient (Wildman–Crippen LogP) is 2.21. The molecule has 8 heteroatoms. The maximum absolute atomic E-state index is 13.4. The first-order chi connectivity index (χ1) is 10.0. The molecule has 2 rings (SSSR count). The number of amides is 1. The number of hydrogen-bond acceptors (Lipinski definition) is 4. The van der Waals surface area contributed by atoms with Gasteiger partial charge in [-0.25, -0.2) is 4.39 Å². The number of nitrogens with zero attached hydrogens (tertiary/aromatic N) is 2. The fourth-order valence-corrected chi connectivity index (χ4v) is 2.03. The minimum Gasteiger partial charge on any atom is -0.468 e. The maximum Gasteiger partial charge on any atom is 0.327 e. The molecule has 1 aromatic carbocycles. The van der Waals surface area contributed by atoms with Gasteiger partial charge in [0.15, 0.2) is 0 Å². The van der Waals surface area contributed by atoms with E-state index in [9.17, 15) is 14.0 Å². The molecule has 0 saturated carbocycles. The molecular weight excluding hydrogens is 345 g/mol. The zero-order chi connectivity index (χ0) is 15.4. The highest BCUT2D eigenvalue weighted by Crippen LogP contribution is 2.21. The molecule has 6 nitrogen and oxygen atoms in total. The molecule has 0 atom stereocenters. The number of anilines is 1. The van der Waals surface area contributed by atoms with Crippen molar-refractivity contribution in [2.75, 3.05) is 12.4 Å². The lowest BCUT2D eigenvalue weighted by atomic mass is 10.2. The topological polar surface area (TPSA) is 73.2 Å². The number of methoxy groups -OCH3 is 1. The van der Waals surface area contributed by atoms with Gasteiger partial charge in [0.2, 0.25) is 0 Å². The fraction of sp³-hybridized carbons (Fsp3) is 0.154. The van der Waals surface area contributed by atoms with Gasteiger partial charge < -0.3 is 10.1 Å². The van der Waals surface area contributed by atoms with Gasteiger partial charge in [-0.3, -0.25) is 14.3 Å². The summed E-state index contributed by atoms with van der Waals surface area (Å²) >= 11 is 3.02. The Bertz CT molecular complexity index is 687. The van der Waals surface area contributed by atoms with E-state index in [0.29, 0.717) is 5.69 Å². The Hall–Kier alpha value is -2.22. The van der Waals surface area contributed by atoms with Crippen molar-refractivity contribution >= 4 is 33.5 Å². The lowest BCUT2D eigenvalue weighted by Gasteiger charge is -2.05. The highest BCUT2D eigenvalue weighted by Gasteiger charge is 2.14. The van der Waals surface area contributed by atoms with E-state index in [1.165, 1.54) is 42.4 Å². The van der Waals surface area contributed by atoms with Crippen molar-refractivity contribution in [2.24, 2.45) is 0 Å². The molecule has 1 aromatic heterocycles. The summed E-state index contributed by atoms with van der Waals surface area (Å²) in [6.45, 7) is -0.0595. The summed E-state index contributed by atoms with van der Waals surface area (Å²) in [6, 6.07) is 4.17. The molecule has 1 N–H and O–H groups in total. The van der Waals surface area contributed by atoms with Gasteiger partial charge >= 0.3 is 5.97 Å². The highest BCUT2D eigenvalue weighted by molar-refractivity contribution is 9.10. The molecular formula is C13H11BrFN3O3. The largest absolute Gasteiger partial charge is 0.468 e. The van der Waals surface area contributed by atoms with E-state index in [4.69, 9.17) is 0 Å². The average Bonchev–Trinajstić information content (AvgIpc) is 2.88. The van der Waals surface area contributed by atoms with E-state index >= 15 is 0 Å². The highest BCUT2D eigenvalue weighted by atomic mass is 79.9. The van der Waals surface area contributed by atoms with Crippen LogP contribution in [-0.4, -0.2) is 28.8 Å². The first-order valence-electron chi connectivity index (χ1n) is 5.86. The van der Waals surface area contributed by atoms with Crippen molar-refractivity contribution in [3.8, 4) is 0 Å². The molecule has 0 radical (unpaired) electrons. The Kier molecular flexibility index (Phi) is 4.69. The van der Waals surface area contributed by atoms with Crippen LogP contribution in [0.5, 0.6) is 0 Å². The molecule has 0 unspecified atom stereocenters. The summed E-state index contributed by atoms with van der Waals surface area (Å²) in [5, 5.41) is 6.47. The minimum atomic E-state index is -0.524. The van der Waals surface area contributed by atoms with Crippen molar-refractivity contribution in [3.05, 3.63) is 46.4 Å². The number of hydrogen-bond donors (Lipinski definition) is 1. The Balaban J connectivity index is 2.09. The molecule has 0 saturated heterocycles. The number of rotatable bonds is 4. The van der Waals surface area contributed by atoms with Crippen LogP contribution in [0.2, 0.25) is 0 Å². The SMILES string of the molecule is COC(=O)Cn1cc(NC(=O)c2cccc(F)c2Br)cn1. The smallest absolute Gasteiger partial charge is 0.327 e. The van der Waals surface area contributed by atoms with Gasteiger partial charge in [0.25, 0.3) is 5.91 Å². The number of benzene rings is 1. The van der Waals surface area contributed by atoms with Gasteiger partial charge in [-0.05, 0) is 28.1 Å². The summed E-state index contributed by atoms with van der Waals surface area (Å²) < 4.78 is 19.3. The molecule has 0 aliphatic heterocycles. The second kappa shape index (κ2) is 6.49. The fourth-order valence-electron chi connectivity index (χ4n) is 1.59. The molecule has 2 aromatic rings. The normalized spacial score (nSPS) is 10.2. The number of esters is 1. The van der Waals surface area contributed by atoms with Crippen LogP contribution >= 0.6 is 15.9 Å². The third kappa shape index (κ3) is 3.66. The minimum absolute atomic E-state index is 0.0595. The molecule has 0 spiro atoms. The van der Waals surface area contributed by atoms with E-state index in [1.54, 1.807) is 0 Å². The summed E-state index contributed by atoms with van der Waals surface area (Å²) in [6.07, 6.45) is 2.86. The number of ether oxygens (including phenoxy) is 1. The quantitative estimate of drug-likeness (QED) is 0.853. The number of carbonyl (C=O) groups excluding carboxylic acids is 2. The van der Waals surface area contributed by atoms with Crippen LogP contribution in [0.15, 0.2) is 35.1 Å². The van der Waals surface area contributed by atoms with Crippen LogP contribution in [0.25, 0.3) is 0 Å². The van der Waals surface area contributed by atoms with E-state index in [-0.39, 0.29) is 16.6 Å². The molecule has 0 bridgehead atoms. The van der Waals surface area contributed by atoms with Gasteiger partial charge in [0, 0.05) is 6.20 Å². The molecule has 21 heavy (non-hydrogen) atoms. The van der Waals surface area contributed by atoms with Crippen LogP contribution in [-0.2, 0) is 16.1 Å². The second-order valence-corrected chi connectivity index (χ2v) is 4.85. The van der Waals surface area contributed by atoms with E-state index < -0.39 is 17.7 Å². The van der Waals surface area contributed by atoms with Gasteiger partial charge in [-0.15, -0.1) is 0 Å². The molecule has 110 valence electrons. The lowest BCUT2D eigenvalue weighted by molar-refractivity contribution is -0.141. The summed E-state index contributed by atoms with van der Waals surface area (Å²) in [5.41, 5.74) is 0.552. The van der Waals surface area contributed by atoms with Crippen LogP contribution in [0.3, 0.4) is 0 Å². The van der Waals surface area contributed by atoms with E-state index in [0.717, 1.165) is 0 Å². The zero-order valence-electron chi connectivity index (χ0n) is 11.0. The molecule has 0 aliphatic carbocycles. The van der Waals surface area contributed by atoms with Crippen LogP contribution in [0.1, 0.15) is 10.4 Å². The predicted molar refractivity (Wildman–Crippen MR) is 76.3 cm³/mol. The number of halogens is 2. The van der Waals surface area contributed by atoms with Crippen molar-refractivity contribution in [3.63, 3.8) is 0 Å². The van der Waals surface area contributed by atoms with Gasteiger partial charge in [0.1, 0.15) is 12.4 Å². The Labute approximate surface area is 128 Å². The Morgan fingerprint density at radius 3 is 2.95 bits per heavy atom. The Morgan fingerprint density at radius 1 is 1.48 bits per heavy atom. The van der Waals surface area contributed by atoms with Gasteiger partial charge in [-0.2, -0.15) is 5.10 Å². The average molecular weight is 356 g/mol. The summed E-state index contributed by atoms with van der Waals surface area (Å²) in [5.74, 6) is -1.47. The van der Waals surface area contributed by atoms with Crippen LogP contribution < -0.4 is 5.32 Å². The standard InChI is InChI=1S/C13H11BrFN3O3/c1-21-11(19)7-18-6-8(5-16-18)17-13(20)9-3-2-4-10(15)12(9)14/h2-6H,7H2,1H3,(H,17,20). The second-order valence-electron chi connectivity index (χ2n) is 4.06. The van der Waals surface area contributed by atoms with Crippen molar-refractivity contribution in [1.29, 1.82) is 0 Å². The summed E-state index contributed by atoms with van der Waals surface area (Å²) in [7, 11) is 1.27. The van der Waals surface area contributed by atoms with Crippen molar-refractivity contribution in [1.82, 2.24) is 9.78 Å². The molecule has 0 fully saturated rings. The number of carbonyl (C=O) groups is 2. The van der Waals surface area contributed by atoms with Crippen LogP contribution in [0.4, 0.5) is 10.1 Å². The maximum atomic E-state index is 13.4. The third-order valence-electron chi connectivity index (χ3n) is 2.61. The van der Waals surface area contributed by atoms with E-state index in [1.807, 2.05) is 0 Å². The Morgan fingerprint density at radius 2 is 2.24 bits per heavy atom. The van der Waals surface area contributed by atoms with Crippen LogP contribution in [0, 0.1) is 5.82 Å². The van der Waals surface area contributed by atoms with Crippen molar-refractivity contribution < 1.29 is 18.7 Å². The van der Waals surface area contributed by atoms with Gasteiger partial charge in [0.05, 0.1) is 29.0 Å². The monoisotopic (exact) mass is 355 g/mol. The number of nitrogens with one attached hydrogen (secondary N) is 1. The first-order valence-corrected chi connectivity index (χ1v) is 6.65. The van der Waals surface area contributed by atoms with E-state index in [2.05, 4.69) is 31.1 Å². The lowest BCUT2D eigenvalue weighted by Crippen LogP contribution is -2.13.